The molecule has 1 atom stereocenters. The molecule has 1 aliphatic rings. The van der Waals surface area contributed by atoms with Crippen LogP contribution in [0.4, 0.5) is 0 Å². The highest BCUT2D eigenvalue weighted by Gasteiger charge is 2.43. The fourth-order valence-corrected chi connectivity index (χ4v) is 1.46. The van der Waals surface area contributed by atoms with Crippen LogP contribution in [0.5, 0.6) is 0 Å². The van der Waals surface area contributed by atoms with Crippen LogP contribution in [-0.4, -0.2) is 16.7 Å². The first kappa shape index (κ1) is 9.65. The maximum Gasteiger partial charge on any atom is 0.243 e. The minimum Gasteiger partial charge on any atom is -0.338 e. The van der Waals surface area contributed by atoms with Crippen molar-refractivity contribution in [2.24, 2.45) is 0 Å². The van der Waals surface area contributed by atoms with Crippen LogP contribution < -0.4 is 5.32 Å². The highest BCUT2D eigenvalue weighted by atomic mass is 16.5. The van der Waals surface area contributed by atoms with E-state index in [1.807, 2.05) is 6.92 Å². The second kappa shape index (κ2) is 3.35. The zero-order valence-corrected chi connectivity index (χ0v) is 9.00. The summed E-state index contributed by atoms with van der Waals surface area (Å²) in [4.78, 5) is 4.42. The molecule has 0 spiro atoms. The average Bonchev–Trinajstić information content (AvgIpc) is 2.72. The quantitative estimate of drug-likeness (QED) is 0.795. The molecule has 0 amide bonds. The van der Waals surface area contributed by atoms with E-state index in [1.54, 1.807) is 0 Å². The lowest BCUT2D eigenvalue weighted by molar-refractivity contribution is 0.336. The maximum absolute atomic E-state index is 5.22. The molecule has 78 valence electrons. The summed E-state index contributed by atoms with van der Waals surface area (Å²) in [6.07, 6.45) is 2.36. The third kappa shape index (κ3) is 1.66. The van der Waals surface area contributed by atoms with E-state index in [0.717, 1.165) is 12.4 Å². The molecule has 0 aromatic carbocycles. The topological polar surface area (TPSA) is 51.0 Å². The maximum atomic E-state index is 5.22. The van der Waals surface area contributed by atoms with Gasteiger partial charge >= 0.3 is 0 Å². The molecule has 0 bridgehead atoms. The average molecular weight is 195 g/mol. The van der Waals surface area contributed by atoms with Crippen molar-refractivity contribution in [3.8, 4) is 0 Å². The number of hydrogen-bond donors (Lipinski definition) is 1. The van der Waals surface area contributed by atoms with Crippen molar-refractivity contribution in [3.63, 3.8) is 0 Å². The Labute approximate surface area is 84.1 Å². The second-order valence-corrected chi connectivity index (χ2v) is 4.30. The first-order valence-corrected chi connectivity index (χ1v) is 5.23. The zero-order valence-electron chi connectivity index (χ0n) is 9.00. The van der Waals surface area contributed by atoms with Gasteiger partial charge in [0.1, 0.15) is 0 Å². The minimum absolute atomic E-state index is 0.156. The predicted octanol–water partition coefficient (Wildman–Crippen LogP) is 1.79. The summed E-state index contributed by atoms with van der Waals surface area (Å²) in [5, 5.41) is 7.28. The Morgan fingerprint density at radius 2 is 2.29 bits per heavy atom. The molecule has 1 aromatic rings. The molecular weight excluding hydrogens is 178 g/mol. The number of hydrogen-bond acceptors (Lipinski definition) is 4. The normalized spacial score (nSPS) is 20.8. The first-order valence-electron chi connectivity index (χ1n) is 5.23. The van der Waals surface area contributed by atoms with Crippen LogP contribution in [0.1, 0.15) is 51.4 Å². The highest BCUT2D eigenvalue weighted by Crippen LogP contribution is 2.46. The molecule has 2 rings (SSSR count). The third-order valence-corrected chi connectivity index (χ3v) is 2.86. The minimum atomic E-state index is 0.156. The van der Waals surface area contributed by atoms with Gasteiger partial charge in [0.25, 0.3) is 0 Å². The van der Waals surface area contributed by atoms with Crippen molar-refractivity contribution in [3.05, 3.63) is 11.7 Å². The van der Waals surface area contributed by atoms with Gasteiger partial charge in [0, 0.05) is 5.41 Å². The third-order valence-electron chi connectivity index (χ3n) is 2.86. The zero-order chi connectivity index (χ0) is 10.2. The van der Waals surface area contributed by atoms with Gasteiger partial charge in [-0.25, -0.2) is 0 Å². The van der Waals surface area contributed by atoms with E-state index < -0.39 is 0 Å². The van der Waals surface area contributed by atoms with Crippen LogP contribution >= 0.6 is 0 Å². The molecule has 14 heavy (non-hydrogen) atoms. The van der Waals surface area contributed by atoms with Crippen LogP contribution in [-0.2, 0) is 5.41 Å². The number of aromatic nitrogens is 2. The van der Waals surface area contributed by atoms with Gasteiger partial charge in [0.15, 0.2) is 5.82 Å². The van der Waals surface area contributed by atoms with Crippen molar-refractivity contribution in [2.45, 2.75) is 45.1 Å². The van der Waals surface area contributed by atoms with Crippen LogP contribution in [0.3, 0.4) is 0 Å². The van der Waals surface area contributed by atoms with E-state index in [9.17, 15) is 0 Å². The molecule has 1 saturated carbocycles. The van der Waals surface area contributed by atoms with Crippen molar-refractivity contribution in [1.29, 1.82) is 0 Å². The molecule has 1 fully saturated rings. The fourth-order valence-electron chi connectivity index (χ4n) is 1.46. The Hall–Kier alpha value is -0.900. The van der Waals surface area contributed by atoms with Crippen LogP contribution in [0, 0.1) is 0 Å². The van der Waals surface area contributed by atoms with E-state index in [4.69, 9.17) is 4.52 Å². The molecular formula is C10H17N3O. The Morgan fingerprint density at radius 3 is 2.86 bits per heavy atom. The van der Waals surface area contributed by atoms with E-state index in [-0.39, 0.29) is 11.5 Å². The van der Waals surface area contributed by atoms with Gasteiger partial charge in [-0.2, -0.15) is 4.98 Å². The lowest BCUT2D eigenvalue weighted by atomic mass is 10.1. The lowest BCUT2D eigenvalue weighted by Crippen LogP contribution is -2.18. The van der Waals surface area contributed by atoms with E-state index in [0.29, 0.717) is 5.89 Å². The molecule has 4 heteroatoms. The summed E-state index contributed by atoms with van der Waals surface area (Å²) in [7, 11) is 0. The van der Waals surface area contributed by atoms with Gasteiger partial charge < -0.3 is 9.84 Å². The molecule has 0 radical (unpaired) electrons. The standard InChI is InChI=1S/C10H17N3O/c1-4-11-7(2)8-12-9(13-14-8)10(3)5-6-10/h7,11H,4-6H2,1-3H3. The number of nitrogens with zero attached hydrogens (tertiary/aromatic N) is 2. The second-order valence-electron chi connectivity index (χ2n) is 4.30. The summed E-state index contributed by atoms with van der Waals surface area (Å²) in [6, 6.07) is 0.156. The SMILES string of the molecule is CCNC(C)c1nc(C2(C)CC2)no1. The summed E-state index contributed by atoms with van der Waals surface area (Å²) < 4.78 is 5.22. The molecule has 1 aromatic heterocycles. The molecule has 1 heterocycles. The largest absolute Gasteiger partial charge is 0.338 e. The van der Waals surface area contributed by atoms with Gasteiger partial charge in [-0.05, 0) is 26.3 Å². The Morgan fingerprint density at radius 1 is 1.57 bits per heavy atom. The molecule has 1 unspecified atom stereocenters. The van der Waals surface area contributed by atoms with Crippen LogP contribution in [0.2, 0.25) is 0 Å². The molecule has 0 aliphatic heterocycles. The van der Waals surface area contributed by atoms with Gasteiger partial charge in [0.05, 0.1) is 6.04 Å². The Kier molecular flexibility index (Phi) is 2.31. The van der Waals surface area contributed by atoms with Crippen LogP contribution in [0.15, 0.2) is 4.52 Å². The lowest BCUT2D eigenvalue weighted by Gasteiger charge is -2.05. The first-order chi connectivity index (χ1) is 6.65. The van der Waals surface area contributed by atoms with Crippen molar-refractivity contribution in [2.75, 3.05) is 6.54 Å². The van der Waals surface area contributed by atoms with Gasteiger partial charge in [-0.3, -0.25) is 0 Å². The molecule has 0 saturated heterocycles. The van der Waals surface area contributed by atoms with Crippen molar-refractivity contribution in [1.82, 2.24) is 15.5 Å². The highest BCUT2D eigenvalue weighted by molar-refractivity contribution is 5.14. The van der Waals surface area contributed by atoms with E-state index in [2.05, 4.69) is 29.3 Å². The summed E-state index contributed by atoms with van der Waals surface area (Å²) in [5.41, 5.74) is 0.202. The molecule has 1 N–H and O–H groups in total. The predicted molar refractivity (Wildman–Crippen MR) is 53.0 cm³/mol. The smallest absolute Gasteiger partial charge is 0.243 e. The summed E-state index contributed by atoms with van der Waals surface area (Å²) in [5.74, 6) is 1.58. The number of nitrogens with one attached hydrogen (secondary N) is 1. The molecule has 1 aliphatic carbocycles. The fraction of sp³-hybridized carbons (Fsp3) is 0.800. The Bertz CT molecular complexity index is 317. The van der Waals surface area contributed by atoms with Gasteiger partial charge in [0.2, 0.25) is 5.89 Å². The summed E-state index contributed by atoms with van der Waals surface area (Å²) in [6.45, 7) is 7.20. The summed E-state index contributed by atoms with van der Waals surface area (Å²) >= 11 is 0. The number of rotatable bonds is 4. The van der Waals surface area contributed by atoms with Crippen LogP contribution in [0.25, 0.3) is 0 Å². The van der Waals surface area contributed by atoms with E-state index in [1.165, 1.54) is 12.8 Å². The van der Waals surface area contributed by atoms with Crippen molar-refractivity contribution < 1.29 is 4.52 Å². The Balaban J connectivity index is 2.09. The van der Waals surface area contributed by atoms with Gasteiger partial charge in [-0.1, -0.05) is 19.0 Å². The van der Waals surface area contributed by atoms with Crippen molar-refractivity contribution >= 4 is 0 Å². The van der Waals surface area contributed by atoms with Gasteiger partial charge in [-0.15, -0.1) is 0 Å². The monoisotopic (exact) mass is 195 g/mol. The molecule has 4 nitrogen and oxygen atoms in total. The van der Waals surface area contributed by atoms with E-state index >= 15 is 0 Å².